The number of hydrogen-bond acceptors (Lipinski definition) is 6. The van der Waals surface area contributed by atoms with Crippen LogP contribution in [0.3, 0.4) is 0 Å². The number of anilines is 1. The Labute approximate surface area is 120 Å². The largest absolute Gasteiger partial charge is 0.445 e. The van der Waals surface area contributed by atoms with Gasteiger partial charge in [-0.05, 0) is 27.7 Å². The number of aromatic nitrogens is 1. The summed E-state index contributed by atoms with van der Waals surface area (Å²) in [5, 5.41) is 2.73. The fourth-order valence-corrected chi connectivity index (χ4v) is 2.03. The molecule has 0 atom stereocenters. The molecule has 0 spiro atoms. The first-order valence-corrected chi connectivity index (χ1v) is 6.78. The lowest BCUT2D eigenvalue weighted by Gasteiger charge is -2.18. The number of nitrogens with zero attached hydrogens (tertiary/aromatic N) is 1. The molecule has 1 aromatic heterocycles. The summed E-state index contributed by atoms with van der Waals surface area (Å²) in [5.41, 5.74) is -0.465. The van der Waals surface area contributed by atoms with Gasteiger partial charge in [0.05, 0.1) is 0 Å². The van der Waals surface area contributed by atoms with Crippen molar-refractivity contribution in [3.63, 3.8) is 0 Å². The van der Waals surface area contributed by atoms with E-state index in [1.54, 1.807) is 27.7 Å². The van der Waals surface area contributed by atoms with Crippen molar-refractivity contribution >= 4 is 40.1 Å². The molecule has 1 aromatic rings. The average molecular weight is 307 g/mol. The van der Waals surface area contributed by atoms with Crippen molar-refractivity contribution in [2.24, 2.45) is 0 Å². The second kappa shape index (κ2) is 6.21. The number of hydrogen-bond donors (Lipinski definition) is 1. The van der Waals surface area contributed by atoms with E-state index in [4.69, 9.17) is 16.3 Å². The minimum Gasteiger partial charge on any atom is -0.445 e. The smallest absolute Gasteiger partial charge is 0.413 e. The lowest BCUT2D eigenvalue weighted by Crippen LogP contribution is -2.27. The maximum atomic E-state index is 11.5. The Kier molecular flexibility index (Phi) is 5.13. The van der Waals surface area contributed by atoms with Crippen molar-refractivity contribution in [3.8, 4) is 0 Å². The number of halogens is 1. The number of amides is 1. The molecule has 0 bridgehead atoms. The van der Waals surface area contributed by atoms with E-state index in [0.717, 1.165) is 11.3 Å². The Balaban J connectivity index is 2.74. The fraction of sp³-hybridized carbons (Fsp3) is 0.545. The highest BCUT2D eigenvalue weighted by Gasteiger charge is 2.20. The topological polar surface area (TPSA) is 77.5 Å². The van der Waals surface area contributed by atoms with Crippen LogP contribution in [0.15, 0.2) is 0 Å². The molecule has 0 aliphatic carbocycles. The molecular weight excluding hydrogens is 292 g/mol. The van der Waals surface area contributed by atoms with Gasteiger partial charge in [0.2, 0.25) is 0 Å². The van der Waals surface area contributed by atoms with Crippen LogP contribution < -0.4 is 5.32 Å². The molecule has 106 valence electrons. The van der Waals surface area contributed by atoms with Gasteiger partial charge < -0.3 is 9.47 Å². The molecule has 0 fully saturated rings. The molecule has 0 saturated heterocycles. The highest BCUT2D eigenvalue weighted by molar-refractivity contribution is 7.16. The number of rotatable bonds is 3. The Morgan fingerprint density at radius 1 is 1.42 bits per heavy atom. The normalized spacial score (nSPS) is 11.0. The van der Waals surface area contributed by atoms with Crippen LogP contribution in [0.25, 0.3) is 0 Å². The number of carbonyl (C=O) groups excluding carboxylic acids is 2. The van der Waals surface area contributed by atoms with E-state index in [1.807, 2.05) is 0 Å². The van der Waals surface area contributed by atoms with Crippen LogP contribution in [0.2, 0.25) is 0 Å². The summed E-state index contributed by atoms with van der Waals surface area (Å²) in [6.45, 7) is 6.96. The number of thiazole rings is 1. The maximum absolute atomic E-state index is 11.5. The van der Waals surface area contributed by atoms with Crippen molar-refractivity contribution < 1.29 is 19.1 Å². The minimum absolute atomic E-state index is 0.136. The lowest BCUT2D eigenvalue weighted by atomic mass is 10.2. The van der Waals surface area contributed by atoms with Gasteiger partial charge in [-0.1, -0.05) is 11.6 Å². The van der Waals surface area contributed by atoms with Gasteiger partial charge in [-0.2, -0.15) is 0 Å². The Morgan fingerprint density at radius 2 is 2.05 bits per heavy atom. The van der Waals surface area contributed by atoms with Crippen LogP contribution in [0.4, 0.5) is 9.93 Å². The molecule has 1 heterocycles. The zero-order chi connectivity index (χ0) is 14.6. The summed E-state index contributed by atoms with van der Waals surface area (Å²) in [6.07, 6.45) is -0.626. The van der Waals surface area contributed by atoms with Crippen LogP contribution in [0.5, 0.6) is 0 Å². The predicted molar refractivity (Wildman–Crippen MR) is 72.8 cm³/mol. The zero-order valence-corrected chi connectivity index (χ0v) is 12.6. The number of carbonyl (C=O) groups is 2. The number of nitrogens with one attached hydrogen (secondary N) is 1. The molecule has 1 rings (SSSR count). The van der Waals surface area contributed by atoms with Crippen LogP contribution in [0.1, 0.15) is 36.1 Å². The minimum atomic E-state index is -0.626. The lowest BCUT2D eigenvalue weighted by molar-refractivity contribution is 0.0564. The van der Waals surface area contributed by atoms with Gasteiger partial charge in [-0.3, -0.25) is 5.32 Å². The standard InChI is InChI=1S/C11H15ClN2O4S/c1-6-7(8(15)17-5-12)13-9(19-6)14-10(16)18-11(2,3)4/h5H2,1-4H3,(H,13,14,16). The van der Waals surface area contributed by atoms with Gasteiger partial charge in [0.25, 0.3) is 0 Å². The highest BCUT2D eigenvalue weighted by atomic mass is 35.5. The monoisotopic (exact) mass is 306 g/mol. The SMILES string of the molecule is Cc1sc(NC(=O)OC(C)(C)C)nc1C(=O)OCCl. The van der Waals surface area contributed by atoms with E-state index in [2.05, 4.69) is 15.0 Å². The molecule has 0 radical (unpaired) electrons. The Morgan fingerprint density at radius 3 is 2.58 bits per heavy atom. The zero-order valence-electron chi connectivity index (χ0n) is 11.1. The fourth-order valence-electron chi connectivity index (χ4n) is 1.15. The first-order chi connectivity index (χ1) is 8.73. The molecule has 0 aromatic carbocycles. The third-order valence-electron chi connectivity index (χ3n) is 1.78. The van der Waals surface area contributed by atoms with Crippen molar-refractivity contribution in [2.45, 2.75) is 33.3 Å². The van der Waals surface area contributed by atoms with Gasteiger partial charge >= 0.3 is 12.1 Å². The number of alkyl halides is 1. The maximum Gasteiger partial charge on any atom is 0.413 e. The molecule has 0 aliphatic rings. The summed E-state index contributed by atoms with van der Waals surface area (Å²) < 4.78 is 9.71. The first-order valence-electron chi connectivity index (χ1n) is 5.43. The van der Waals surface area contributed by atoms with Gasteiger partial charge in [0.15, 0.2) is 16.9 Å². The second-order valence-electron chi connectivity index (χ2n) is 4.59. The molecule has 0 unspecified atom stereocenters. The molecule has 0 saturated carbocycles. The van der Waals surface area contributed by atoms with Crippen molar-refractivity contribution in [1.82, 2.24) is 4.98 Å². The number of esters is 1. The summed E-state index contributed by atoms with van der Waals surface area (Å²) in [7, 11) is 0. The van der Waals surface area contributed by atoms with Crippen molar-refractivity contribution in [2.75, 3.05) is 11.4 Å². The molecule has 0 aliphatic heterocycles. The van der Waals surface area contributed by atoms with Crippen molar-refractivity contribution in [3.05, 3.63) is 10.6 Å². The summed E-state index contributed by atoms with van der Waals surface area (Å²) in [5.74, 6) is -0.624. The van der Waals surface area contributed by atoms with Crippen LogP contribution in [0, 0.1) is 6.92 Å². The summed E-state index contributed by atoms with van der Waals surface area (Å²) >= 11 is 6.46. The molecule has 1 N–H and O–H groups in total. The van der Waals surface area contributed by atoms with Gasteiger partial charge in [0.1, 0.15) is 5.60 Å². The van der Waals surface area contributed by atoms with Gasteiger partial charge in [0, 0.05) is 4.88 Å². The van der Waals surface area contributed by atoms with Crippen LogP contribution in [-0.4, -0.2) is 28.7 Å². The second-order valence-corrected chi connectivity index (χ2v) is 6.01. The van der Waals surface area contributed by atoms with Gasteiger partial charge in [-0.15, -0.1) is 11.3 Å². The van der Waals surface area contributed by atoms with E-state index in [-0.39, 0.29) is 16.9 Å². The molecule has 1 amide bonds. The van der Waals surface area contributed by atoms with E-state index >= 15 is 0 Å². The Hall–Kier alpha value is -1.34. The third-order valence-corrected chi connectivity index (χ3v) is 2.78. The molecule has 8 heteroatoms. The van der Waals surface area contributed by atoms with Crippen LogP contribution in [-0.2, 0) is 9.47 Å². The first kappa shape index (κ1) is 15.7. The quantitative estimate of drug-likeness (QED) is 0.685. The number of ether oxygens (including phenoxy) is 2. The van der Waals surface area contributed by atoms with Gasteiger partial charge in [-0.25, -0.2) is 14.6 Å². The van der Waals surface area contributed by atoms with E-state index in [9.17, 15) is 9.59 Å². The highest BCUT2D eigenvalue weighted by Crippen LogP contribution is 2.23. The number of aryl methyl sites for hydroxylation is 1. The average Bonchev–Trinajstić information content (AvgIpc) is 2.56. The van der Waals surface area contributed by atoms with Crippen LogP contribution >= 0.6 is 22.9 Å². The molecule has 19 heavy (non-hydrogen) atoms. The Bertz CT molecular complexity index is 482. The third kappa shape index (κ3) is 5.04. The van der Waals surface area contributed by atoms with E-state index in [1.165, 1.54) is 0 Å². The van der Waals surface area contributed by atoms with E-state index in [0.29, 0.717) is 4.88 Å². The molecule has 6 nitrogen and oxygen atoms in total. The summed E-state index contributed by atoms with van der Waals surface area (Å²) in [6, 6.07) is -0.245. The van der Waals surface area contributed by atoms with Crippen molar-refractivity contribution in [1.29, 1.82) is 0 Å². The summed E-state index contributed by atoms with van der Waals surface area (Å²) in [4.78, 5) is 27.6. The predicted octanol–water partition coefficient (Wildman–Crippen LogP) is 3.15. The van der Waals surface area contributed by atoms with E-state index < -0.39 is 17.7 Å². The molecular formula is C11H15ClN2O4S.